The highest BCUT2D eigenvalue weighted by molar-refractivity contribution is 6.00. The van der Waals surface area contributed by atoms with Crippen molar-refractivity contribution in [3.05, 3.63) is 47.5 Å². The minimum absolute atomic E-state index is 0.0293. The molecule has 0 atom stereocenters. The van der Waals surface area contributed by atoms with Gasteiger partial charge in [-0.1, -0.05) is 6.07 Å². The van der Waals surface area contributed by atoms with Crippen molar-refractivity contribution >= 4 is 5.78 Å². The molecule has 5 heteroatoms. The molecule has 0 unspecified atom stereocenters. The zero-order valence-corrected chi connectivity index (χ0v) is 12.4. The summed E-state index contributed by atoms with van der Waals surface area (Å²) in [6.07, 6.45) is 0.263. The van der Waals surface area contributed by atoms with Crippen LogP contribution in [0.2, 0.25) is 0 Å². The number of hydrogen-bond donors (Lipinski definition) is 0. The third kappa shape index (κ3) is 2.70. The van der Waals surface area contributed by atoms with Gasteiger partial charge in [0.15, 0.2) is 17.3 Å². The summed E-state index contributed by atoms with van der Waals surface area (Å²) in [5.74, 6) is 2.50. The summed E-state index contributed by atoms with van der Waals surface area (Å²) in [4.78, 5) is 12.5. The number of carbonyl (C=O) groups excluding carboxylic acids is 1. The van der Waals surface area contributed by atoms with Crippen LogP contribution in [0.5, 0.6) is 23.0 Å². The zero-order chi connectivity index (χ0) is 15.5. The van der Waals surface area contributed by atoms with E-state index < -0.39 is 0 Å². The van der Waals surface area contributed by atoms with Crippen molar-refractivity contribution in [1.82, 2.24) is 0 Å². The fourth-order valence-electron chi connectivity index (χ4n) is 2.36. The molecule has 2 aromatic carbocycles. The van der Waals surface area contributed by atoms with E-state index in [0.29, 0.717) is 28.6 Å². The van der Waals surface area contributed by atoms with Gasteiger partial charge in [0.1, 0.15) is 11.5 Å². The largest absolute Gasteiger partial charge is 0.497 e. The maximum Gasteiger partial charge on any atom is 0.231 e. The molecule has 0 fully saturated rings. The fraction of sp³-hybridized carbons (Fsp3) is 0.235. The van der Waals surface area contributed by atoms with Gasteiger partial charge in [-0.25, -0.2) is 0 Å². The Labute approximate surface area is 128 Å². The molecule has 1 aliphatic rings. The Morgan fingerprint density at radius 2 is 1.86 bits per heavy atom. The number of carbonyl (C=O) groups is 1. The summed E-state index contributed by atoms with van der Waals surface area (Å²) in [5, 5.41) is 0. The van der Waals surface area contributed by atoms with E-state index in [1.165, 1.54) is 7.11 Å². The topological polar surface area (TPSA) is 54.0 Å². The Balaban J connectivity index is 1.82. The van der Waals surface area contributed by atoms with Crippen molar-refractivity contribution in [3.8, 4) is 23.0 Å². The highest BCUT2D eigenvalue weighted by Gasteiger charge is 2.17. The van der Waals surface area contributed by atoms with E-state index >= 15 is 0 Å². The second kappa shape index (κ2) is 5.97. The minimum atomic E-state index is -0.0293. The predicted octanol–water partition coefficient (Wildman–Crippen LogP) is 2.86. The van der Waals surface area contributed by atoms with Crippen molar-refractivity contribution in [2.75, 3.05) is 21.0 Å². The molecular weight excluding hydrogens is 284 g/mol. The molecule has 114 valence electrons. The van der Waals surface area contributed by atoms with Crippen molar-refractivity contribution in [3.63, 3.8) is 0 Å². The Hall–Kier alpha value is -2.69. The van der Waals surface area contributed by atoms with Gasteiger partial charge in [0, 0.05) is 12.5 Å². The number of Topliss-reactive ketones (excluding diaryl/α,β-unsaturated/α-hetero) is 1. The van der Waals surface area contributed by atoms with Gasteiger partial charge in [-0.15, -0.1) is 0 Å². The molecule has 0 aromatic heterocycles. The quantitative estimate of drug-likeness (QED) is 0.795. The first-order valence-corrected chi connectivity index (χ1v) is 6.85. The molecule has 1 aliphatic heterocycles. The van der Waals surface area contributed by atoms with Gasteiger partial charge in [-0.3, -0.25) is 4.79 Å². The molecule has 2 aromatic rings. The summed E-state index contributed by atoms with van der Waals surface area (Å²) in [6.45, 7) is 0.221. The summed E-state index contributed by atoms with van der Waals surface area (Å²) >= 11 is 0. The van der Waals surface area contributed by atoms with E-state index in [0.717, 1.165) is 5.56 Å². The van der Waals surface area contributed by atoms with Crippen molar-refractivity contribution in [2.24, 2.45) is 0 Å². The van der Waals surface area contributed by atoms with E-state index in [-0.39, 0.29) is 19.0 Å². The number of fused-ring (bicyclic) bond motifs is 1. The van der Waals surface area contributed by atoms with Crippen LogP contribution in [0.4, 0.5) is 0 Å². The molecule has 3 rings (SSSR count). The molecule has 0 spiro atoms. The van der Waals surface area contributed by atoms with Crippen LogP contribution in [-0.4, -0.2) is 26.8 Å². The molecule has 0 radical (unpaired) electrons. The molecule has 0 aliphatic carbocycles. The fourth-order valence-corrected chi connectivity index (χ4v) is 2.36. The van der Waals surface area contributed by atoms with Crippen LogP contribution in [-0.2, 0) is 6.42 Å². The van der Waals surface area contributed by atoms with Gasteiger partial charge in [0.05, 0.1) is 19.8 Å². The van der Waals surface area contributed by atoms with Crippen molar-refractivity contribution in [2.45, 2.75) is 6.42 Å². The lowest BCUT2D eigenvalue weighted by molar-refractivity contribution is 0.0990. The summed E-state index contributed by atoms with van der Waals surface area (Å²) in [6, 6.07) is 10.7. The summed E-state index contributed by atoms with van der Waals surface area (Å²) in [7, 11) is 3.11. The number of ether oxygens (including phenoxy) is 4. The van der Waals surface area contributed by atoms with Crippen LogP contribution in [0.25, 0.3) is 0 Å². The molecule has 0 saturated carbocycles. The minimum Gasteiger partial charge on any atom is -0.497 e. The second-order valence-corrected chi connectivity index (χ2v) is 4.85. The second-order valence-electron chi connectivity index (χ2n) is 4.85. The van der Waals surface area contributed by atoms with Crippen LogP contribution in [0.1, 0.15) is 15.9 Å². The maximum absolute atomic E-state index is 12.5. The zero-order valence-electron chi connectivity index (χ0n) is 12.4. The molecule has 1 heterocycles. The normalized spacial score (nSPS) is 12.1. The Morgan fingerprint density at radius 3 is 2.64 bits per heavy atom. The van der Waals surface area contributed by atoms with Crippen LogP contribution >= 0.6 is 0 Å². The smallest absolute Gasteiger partial charge is 0.231 e. The third-order valence-electron chi connectivity index (χ3n) is 3.51. The van der Waals surface area contributed by atoms with E-state index in [2.05, 4.69) is 0 Å². The van der Waals surface area contributed by atoms with Crippen LogP contribution < -0.4 is 18.9 Å². The SMILES string of the molecule is COc1ccc(C(=O)Cc2ccc3c(c2)OCO3)c(OC)c1. The first-order chi connectivity index (χ1) is 10.7. The number of methoxy groups -OCH3 is 2. The van der Waals surface area contributed by atoms with Crippen LogP contribution in [0.15, 0.2) is 36.4 Å². The van der Waals surface area contributed by atoms with Gasteiger partial charge in [0.2, 0.25) is 6.79 Å². The number of hydrogen-bond acceptors (Lipinski definition) is 5. The average molecular weight is 300 g/mol. The first kappa shape index (κ1) is 14.3. The lowest BCUT2D eigenvalue weighted by Gasteiger charge is -2.10. The third-order valence-corrected chi connectivity index (χ3v) is 3.51. The first-order valence-electron chi connectivity index (χ1n) is 6.85. The molecule has 22 heavy (non-hydrogen) atoms. The van der Waals surface area contributed by atoms with Crippen LogP contribution in [0, 0.1) is 0 Å². The molecule has 0 saturated heterocycles. The van der Waals surface area contributed by atoms with Gasteiger partial charge in [-0.05, 0) is 29.8 Å². The summed E-state index contributed by atoms with van der Waals surface area (Å²) in [5.41, 5.74) is 1.40. The predicted molar refractivity (Wildman–Crippen MR) is 80.1 cm³/mol. The molecule has 5 nitrogen and oxygen atoms in total. The van der Waals surface area contributed by atoms with Crippen molar-refractivity contribution < 1.29 is 23.7 Å². The van der Waals surface area contributed by atoms with E-state index in [1.807, 2.05) is 18.2 Å². The van der Waals surface area contributed by atoms with E-state index in [4.69, 9.17) is 18.9 Å². The van der Waals surface area contributed by atoms with E-state index in [9.17, 15) is 4.79 Å². The standard InChI is InChI=1S/C17H16O5/c1-19-12-4-5-13(16(9-12)20-2)14(18)7-11-3-6-15-17(8-11)22-10-21-15/h3-6,8-9H,7,10H2,1-2H3. The Morgan fingerprint density at radius 1 is 1.05 bits per heavy atom. The Kier molecular flexibility index (Phi) is 3.87. The highest BCUT2D eigenvalue weighted by Crippen LogP contribution is 2.33. The monoisotopic (exact) mass is 300 g/mol. The van der Waals surface area contributed by atoms with E-state index in [1.54, 1.807) is 25.3 Å². The van der Waals surface area contributed by atoms with Gasteiger partial charge in [-0.2, -0.15) is 0 Å². The number of ketones is 1. The van der Waals surface area contributed by atoms with Gasteiger partial charge in [0.25, 0.3) is 0 Å². The number of benzene rings is 2. The lowest BCUT2D eigenvalue weighted by Crippen LogP contribution is -2.06. The lowest BCUT2D eigenvalue weighted by atomic mass is 10.0. The Bertz CT molecular complexity index is 708. The molecule has 0 bridgehead atoms. The van der Waals surface area contributed by atoms with Crippen LogP contribution in [0.3, 0.4) is 0 Å². The molecule has 0 amide bonds. The van der Waals surface area contributed by atoms with Gasteiger partial charge >= 0.3 is 0 Å². The molecular formula is C17H16O5. The average Bonchev–Trinajstić information content (AvgIpc) is 3.01. The summed E-state index contributed by atoms with van der Waals surface area (Å²) < 4.78 is 21.0. The van der Waals surface area contributed by atoms with Crippen molar-refractivity contribution in [1.29, 1.82) is 0 Å². The highest BCUT2D eigenvalue weighted by atomic mass is 16.7. The number of rotatable bonds is 5. The maximum atomic E-state index is 12.5. The molecule has 0 N–H and O–H groups in total. The van der Waals surface area contributed by atoms with Gasteiger partial charge < -0.3 is 18.9 Å².